The van der Waals surface area contributed by atoms with E-state index in [0.717, 1.165) is 11.3 Å². The lowest BCUT2D eigenvalue weighted by Crippen LogP contribution is -2.41. The van der Waals surface area contributed by atoms with Crippen LogP contribution in [0, 0.1) is 0 Å². The molecule has 1 atom stereocenters. The van der Waals surface area contributed by atoms with Gasteiger partial charge < -0.3 is 10.0 Å². The van der Waals surface area contributed by atoms with Gasteiger partial charge in [0.15, 0.2) is 0 Å². The van der Waals surface area contributed by atoms with Gasteiger partial charge in [-0.1, -0.05) is 12.1 Å². The zero-order valence-electron chi connectivity index (χ0n) is 12.5. The predicted molar refractivity (Wildman–Crippen MR) is 85.4 cm³/mol. The third kappa shape index (κ3) is 3.89. The van der Waals surface area contributed by atoms with E-state index in [-0.39, 0.29) is 11.9 Å². The van der Waals surface area contributed by atoms with Crippen LogP contribution in [0.1, 0.15) is 31.1 Å². The van der Waals surface area contributed by atoms with Gasteiger partial charge in [0.2, 0.25) is 0 Å². The van der Waals surface area contributed by atoms with Crippen LogP contribution < -0.4 is 0 Å². The highest BCUT2D eigenvalue weighted by Crippen LogP contribution is 2.20. The van der Waals surface area contributed by atoms with Crippen LogP contribution >= 0.6 is 11.3 Å². The van der Waals surface area contributed by atoms with Crippen molar-refractivity contribution in [1.29, 1.82) is 0 Å². The normalized spacial score (nSPS) is 12.4. The van der Waals surface area contributed by atoms with Crippen molar-refractivity contribution in [3.8, 4) is 11.3 Å². The highest BCUT2D eigenvalue weighted by Gasteiger charge is 2.20. The average Bonchev–Trinajstić information content (AvgIpc) is 2.98. The molecule has 1 unspecified atom stereocenters. The molecule has 5 heteroatoms. The van der Waals surface area contributed by atoms with Crippen molar-refractivity contribution < 1.29 is 9.90 Å². The van der Waals surface area contributed by atoms with Gasteiger partial charge in [0.05, 0.1) is 17.3 Å². The van der Waals surface area contributed by atoms with Crippen molar-refractivity contribution >= 4 is 17.2 Å². The van der Waals surface area contributed by atoms with Crippen molar-refractivity contribution in [2.45, 2.75) is 32.9 Å². The number of benzene rings is 1. The van der Waals surface area contributed by atoms with Gasteiger partial charge in [0.1, 0.15) is 0 Å². The first kappa shape index (κ1) is 15.7. The second-order valence-corrected chi connectivity index (χ2v) is 6.07. The van der Waals surface area contributed by atoms with E-state index in [2.05, 4.69) is 4.98 Å². The minimum Gasteiger partial charge on any atom is -0.392 e. The highest BCUT2D eigenvalue weighted by atomic mass is 32.1. The summed E-state index contributed by atoms with van der Waals surface area (Å²) in [6.45, 7) is 5.92. The van der Waals surface area contributed by atoms with Gasteiger partial charge in [-0.05, 0) is 32.9 Å². The Kier molecular flexibility index (Phi) is 5.09. The number of hydrogen-bond donors (Lipinski definition) is 1. The maximum Gasteiger partial charge on any atom is 0.254 e. The largest absolute Gasteiger partial charge is 0.392 e. The molecular formula is C16H20N2O2S. The van der Waals surface area contributed by atoms with Crippen LogP contribution in [0.2, 0.25) is 0 Å². The van der Waals surface area contributed by atoms with Crippen LogP contribution in [-0.4, -0.2) is 39.6 Å². The van der Waals surface area contributed by atoms with Crippen LogP contribution in [-0.2, 0) is 0 Å². The molecule has 0 bridgehead atoms. The zero-order chi connectivity index (χ0) is 15.4. The second kappa shape index (κ2) is 6.83. The molecule has 1 amide bonds. The summed E-state index contributed by atoms with van der Waals surface area (Å²) in [7, 11) is 0. The van der Waals surface area contributed by atoms with E-state index in [1.54, 1.807) is 28.7 Å². The SMILES string of the molecule is CC(O)CN(C(=O)c1ccc(-c2cscn2)cc1)C(C)C. The first-order valence-corrected chi connectivity index (χ1v) is 7.91. The summed E-state index contributed by atoms with van der Waals surface area (Å²) in [5.41, 5.74) is 4.34. The van der Waals surface area contributed by atoms with Gasteiger partial charge in [0.25, 0.3) is 5.91 Å². The third-order valence-electron chi connectivity index (χ3n) is 3.21. The molecule has 112 valence electrons. The Morgan fingerprint density at radius 2 is 1.95 bits per heavy atom. The van der Waals surface area contributed by atoms with Gasteiger partial charge in [0, 0.05) is 29.1 Å². The standard InChI is InChI=1S/C16H20N2O2S/c1-11(2)18(8-12(3)19)16(20)14-6-4-13(5-7-14)15-9-21-10-17-15/h4-7,9-12,19H,8H2,1-3H3. The van der Waals surface area contributed by atoms with Crippen molar-refractivity contribution in [3.63, 3.8) is 0 Å². The monoisotopic (exact) mass is 304 g/mol. The Labute approximate surface area is 129 Å². The lowest BCUT2D eigenvalue weighted by molar-refractivity contribution is 0.0579. The maximum atomic E-state index is 12.5. The smallest absolute Gasteiger partial charge is 0.254 e. The van der Waals surface area contributed by atoms with Crippen LogP contribution in [0.3, 0.4) is 0 Å². The highest BCUT2D eigenvalue weighted by molar-refractivity contribution is 7.07. The number of thiazole rings is 1. The van der Waals surface area contributed by atoms with Crippen LogP contribution in [0.5, 0.6) is 0 Å². The van der Waals surface area contributed by atoms with Crippen molar-refractivity contribution in [1.82, 2.24) is 9.88 Å². The summed E-state index contributed by atoms with van der Waals surface area (Å²) in [6, 6.07) is 7.49. The van der Waals surface area contributed by atoms with Gasteiger partial charge >= 0.3 is 0 Å². The number of carbonyl (C=O) groups is 1. The van der Waals surface area contributed by atoms with Crippen molar-refractivity contribution in [2.24, 2.45) is 0 Å². The number of nitrogens with zero attached hydrogens (tertiary/aromatic N) is 2. The minimum atomic E-state index is -0.536. The van der Waals surface area contributed by atoms with Crippen molar-refractivity contribution in [2.75, 3.05) is 6.54 Å². The number of aliphatic hydroxyl groups is 1. The quantitative estimate of drug-likeness (QED) is 0.923. The molecule has 1 N–H and O–H groups in total. The fourth-order valence-electron chi connectivity index (χ4n) is 2.12. The van der Waals surface area contributed by atoms with E-state index in [9.17, 15) is 9.90 Å². The van der Waals surface area contributed by atoms with Crippen LogP contribution in [0.25, 0.3) is 11.3 Å². The topological polar surface area (TPSA) is 53.4 Å². The number of carbonyl (C=O) groups excluding carboxylic acids is 1. The molecular weight excluding hydrogens is 284 g/mol. The van der Waals surface area contributed by atoms with E-state index in [1.807, 2.05) is 43.5 Å². The van der Waals surface area contributed by atoms with Gasteiger partial charge in [-0.2, -0.15) is 0 Å². The Morgan fingerprint density at radius 1 is 1.29 bits per heavy atom. The Hall–Kier alpha value is -1.72. The molecule has 0 radical (unpaired) electrons. The van der Waals surface area contributed by atoms with E-state index in [0.29, 0.717) is 12.1 Å². The Morgan fingerprint density at radius 3 is 2.43 bits per heavy atom. The van der Waals surface area contributed by atoms with Crippen LogP contribution in [0.15, 0.2) is 35.2 Å². The Balaban J connectivity index is 2.18. The molecule has 0 aliphatic carbocycles. The van der Waals surface area contributed by atoms with E-state index >= 15 is 0 Å². The number of aromatic nitrogens is 1. The number of aliphatic hydroxyl groups excluding tert-OH is 1. The summed E-state index contributed by atoms with van der Waals surface area (Å²) in [4.78, 5) is 18.5. The van der Waals surface area contributed by atoms with Gasteiger partial charge in [-0.3, -0.25) is 4.79 Å². The predicted octanol–water partition coefficient (Wildman–Crippen LogP) is 3.04. The van der Waals surface area contributed by atoms with Crippen molar-refractivity contribution in [3.05, 3.63) is 40.7 Å². The molecule has 0 fully saturated rings. The first-order chi connectivity index (χ1) is 9.99. The fraction of sp³-hybridized carbons (Fsp3) is 0.375. The number of amides is 1. The molecule has 1 aromatic carbocycles. The first-order valence-electron chi connectivity index (χ1n) is 6.96. The molecule has 21 heavy (non-hydrogen) atoms. The summed E-state index contributed by atoms with van der Waals surface area (Å²) >= 11 is 1.55. The van der Waals surface area contributed by atoms with Gasteiger partial charge in [-0.15, -0.1) is 11.3 Å². The van der Waals surface area contributed by atoms with Crippen LogP contribution in [0.4, 0.5) is 0 Å². The fourth-order valence-corrected chi connectivity index (χ4v) is 2.68. The lowest BCUT2D eigenvalue weighted by atomic mass is 10.1. The number of rotatable bonds is 5. The zero-order valence-corrected chi connectivity index (χ0v) is 13.3. The van der Waals surface area contributed by atoms with E-state index < -0.39 is 6.10 Å². The molecule has 0 aliphatic heterocycles. The molecule has 2 rings (SSSR count). The summed E-state index contributed by atoms with van der Waals surface area (Å²) in [5, 5.41) is 11.5. The maximum absolute atomic E-state index is 12.5. The lowest BCUT2D eigenvalue weighted by Gasteiger charge is -2.28. The molecule has 4 nitrogen and oxygen atoms in total. The Bertz CT molecular complexity index is 577. The molecule has 0 saturated carbocycles. The average molecular weight is 304 g/mol. The third-order valence-corrected chi connectivity index (χ3v) is 3.79. The molecule has 0 spiro atoms. The van der Waals surface area contributed by atoms with E-state index in [4.69, 9.17) is 0 Å². The molecule has 1 heterocycles. The summed E-state index contributed by atoms with van der Waals surface area (Å²) in [5.74, 6) is -0.0595. The van der Waals surface area contributed by atoms with Gasteiger partial charge in [-0.25, -0.2) is 4.98 Å². The number of hydrogen-bond acceptors (Lipinski definition) is 4. The van der Waals surface area contributed by atoms with E-state index in [1.165, 1.54) is 0 Å². The molecule has 0 saturated heterocycles. The summed E-state index contributed by atoms with van der Waals surface area (Å²) < 4.78 is 0. The summed E-state index contributed by atoms with van der Waals surface area (Å²) in [6.07, 6.45) is -0.536. The molecule has 1 aromatic heterocycles. The second-order valence-electron chi connectivity index (χ2n) is 5.35. The molecule has 0 aliphatic rings. The molecule has 2 aromatic rings. The minimum absolute atomic E-state index is 0.0466.